The number of hydrogen-bond donors (Lipinski definition) is 5. The van der Waals surface area contributed by atoms with E-state index in [0.717, 1.165) is 16.9 Å². The predicted molar refractivity (Wildman–Crippen MR) is 90.2 cm³/mol. The summed E-state index contributed by atoms with van der Waals surface area (Å²) in [7, 11) is 0. The monoisotopic (exact) mass is 381 g/mol. The SMILES string of the molecule is O=C(NCc1cccnc1)c1csc([C@@H]2O[C@H](CO)[C@H](O)[C@H](O)[C@H]2O)n1. The summed E-state index contributed by atoms with van der Waals surface area (Å²) in [4.78, 5) is 20.3. The Balaban J connectivity index is 1.67. The van der Waals surface area contributed by atoms with Crippen LogP contribution in [0.4, 0.5) is 0 Å². The van der Waals surface area contributed by atoms with E-state index in [0.29, 0.717) is 6.54 Å². The number of thiazole rings is 1. The van der Waals surface area contributed by atoms with E-state index in [9.17, 15) is 25.2 Å². The molecule has 9 nitrogen and oxygen atoms in total. The Morgan fingerprint density at radius 3 is 2.77 bits per heavy atom. The molecule has 1 fully saturated rings. The summed E-state index contributed by atoms with van der Waals surface area (Å²) in [6.45, 7) is -0.231. The molecule has 5 atom stereocenters. The fraction of sp³-hybridized carbons (Fsp3) is 0.438. The average Bonchev–Trinajstić information content (AvgIpc) is 3.15. The number of carbonyl (C=O) groups excluding carboxylic acids is 1. The Morgan fingerprint density at radius 1 is 1.27 bits per heavy atom. The average molecular weight is 381 g/mol. The van der Waals surface area contributed by atoms with Gasteiger partial charge < -0.3 is 30.5 Å². The van der Waals surface area contributed by atoms with E-state index in [4.69, 9.17) is 4.74 Å². The molecule has 0 unspecified atom stereocenters. The van der Waals surface area contributed by atoms with E-state index in [2.05, 4.69) is 15.3 Å². The molecule has 0 saturated carbocycles. The molecule has 3 rings (SSSR count). The zero-order valence-corrected chi connectivity index (χ0v) is 14.4. The van der Waals surface area contributed by atoms with Crippen LogP contribution in [0, 0.1) is 0 Å². The number of amides is 1. The number of aromatic nitrogens is 2. The third-order valence-corrected chi connectivity index (χ3v) is 4.97. The number of pyridine rings is 1. The Labute approximate surface area is 152 Å². The van der Waals surface area contributed by atoms with Crippen LogP contribution < -0.4 is 5.32 Å². The second-order valence-corrected chi connectivity index (χ2v) is 6.75. The molecule has 0 spiro atoms. The third kappa shape index (κ3) is 3.90. The lowest BCUT2D eigenvalue weighted by Crippen LogP contribution is -2.55. The summed E-state index contributed by atoms with van der Waals surface area (Å²) >= 11 is 1.08. The van der Waals surface area contributed by atoms with Crippen molar-refractivity contribution in [2.24, 2.45) is 0 Å². The molecular weight excluding hydrogens is 362 g/mol. The Hall–Kier alpha value is -1.95. The van der Waals surface area contributed by atoms with Crippen LogP contribution in [-0.4, -0.2) is 67.3 Å². The summed E-state index contributed by atoms with van der Waals surface area (Å²) < 4.78 is 5.44. The number of carbonyl (C=O) groups is 1. The summed E-state index contributed by atoms with van der Waals surface area (Å²) in [5, 5.41) is 43.5. The molecule has 10 heteroatoms. The van der Waals surface area contributed by atoms with Crippen molar-refractivity contribution in [3.8, 4) is 0 Å². The van der Waals surface area contributed by atoms with Crippen LogP contribution >= 0.6 is 11.3 Å². The first-order valence-corrected chi connectivity index (χ1v) is 8.82. The Morgan fingerprint density at radius 2 is 2.08 bits per heavy atom. The molecule has 0 bridgehead atoms. The lowest BCUT2D eigenvalue weighted by molar-refractivity contribution is -0.231. The molecule has 2 aromatic rings. The van der Waals surface area contributed by atoms with Crippen LogP contribution in [0.2, 0.25) is 0 Å². The quantitative estimate of drug-likeness (QED) is 0.443. The highest BCUT2D eigenvalue weighted by Gasteiger charge is 2.45. The number of nitrogens with zero attached hydrogens (tertiary/aromatic N) is 2. The van der Waals surface area contributed by atoms with Crippen LogP contribution in [0.3, 0.4) is 0 Å². The van der Waals surface area contributed by atoms with Crippen LogP contribution in [-0.2, 0) is 11.3 Å². The molecule has 0 aliphatic carbocycles. The Kier molecular flexibility index (Phi) is 5.91. The van der Waals surface area contributed by atoms with Gasteiger partial charge in [0.2, 0.25) is 0 Å². The second-order valence-electron chi connectivity index (χ2n) is 5.86. The standard InChI is InChI=1S/C16H19N3O6S/c20-6-10-11(21)12(22)13(23)14(25-10)16-19-9(7-26-16)15(24)18-5-8-2-1-3-17-4-8/h1-4,7,10-14,20-23H,5-6H2,(H,18,24)/t10-,11+,12+,13-,14-/m1/s1. The maximum Gasteiger partial charge on any atom is 0.271 e. The second kappa shape index (κ2) is 8.16. The third-order valence-electron chi connectivity index (χ3n) is 4.07. The first-order chi connectivity index (χ1) is 12.5. The summed E-state index contributed by atoms with van der Waals surface area (Å²) in [5.74, 6) is -0.402. The topological polar surface area (TPSA) is 145 Å². The van der Waals surface area contributed by atoms with Crippen LogP contribution in [0.5, 0.6) is 0 Å². The van der Waals surface area contributed by atoms with Crippen molar-refractivity contribution in [1.29, 1.82) is 0 Å². The van der Waals surface area contributed by atoms with Gasteiger partial charge in [-0.3, -0.25) is 9.78 Å². The maximum atomic E-state index is 12.2. The van der Waals surface area contributed by atoms with Gasteiger partial charge in [-0.15, -0.1) is 11.3 Å². The molecule has 1 aliphatic rings. The van der Waals surface area contributed by atoms with Gasteiger partial charge in [-0.2, -0.15) is 0 Å². The van der Waals surface area contributed by atoms with Gasteiger partial charge in [-0.05, 0) is 11.6 Å². The van der Waals surface area contributed by atoms with Crippen LogP contribution in [0.1, 0.15) is 27.2 Å². The molecule has 5 N–H and O–H groups in total. The largest absolute Gasteiger partial charge is 0.394 e. The first-order valence-electron chi connectivity index (χ1n) is 7.94. The highest BCUT2D eigenvalue weighted by molar-refractivity contribution is 7.09. The number of aliphatic hydroxyl groups excluding tert-OH is 4. The van der Waals surface area contributed by atoms with Crippen LogP contribution in [0.25, 0.3) is 0 Å². The van der Waals surface area contributed by atoms with E-state index in [1.54, 1.807) is 18.5 Å². The first kappa shape index (κ1) is 18.8. The van der Waals surface area contributed by atoms with Crippen molar-refractivity contribution >= 4 is 17.2 Å². The van der Waals surface area contributed by atoms with Crippen LogP contribution in [0.15, 0.2) is 29.9 Å². The van der Waals surface area contributed by atoms with Gasteiger partial charge >= 0.3 is 0 Å². The van der Waals surface area contributed by atoms with Crippen molar-refractivity contribution in [1.82, 2.24) is 15.3 Å². The van der Waals surface area contributed by atoms with Gasteiger partial charge in [0.15, 0.2) is 0 Å². The van der Waals surface area contributed by atoms with Gasteiger partial charge in [0.05, 0.1) is 6.61 Å². The minimum Gasteiger partial charge on any atom is -0.394 e. The van der Waals surface area contributed by atoms with E-state index in [-0.39, 0.29) is 10.7 Å². The normalized spacial score (nSPS) is 28.7. The summed E-state index contributed by atoms with van der Waals surface area (Å²) in [6, 6.07) is 3.59. The van der Waals surface area contributed by atoms with E-state index < -0.39 is 43.0 Å². The minimum atomic E-state index is -1.49. The predicted octanol–water partition coefficient (Wildman–Crippen LogP) is -1.02. The molecule has 3 heterocycles. The highest BCUT2D eigenvalue weighted by atomic mass is 32.1. The van der Waals surface area contributed by atoms with E-state index >= 15 is 0 Å². The van der Waals surface area contributed by atoms with Crippen molar-refractivity contribution in [2.75, 3.05) is 6.61 Å². The molecular formula is C16H19N3O6S. The smallest absolute Gasteiger partial charge is 0.271 e. The van der Waals surface area contributed by atoms with Crippen molar-refractivity contribution in [3.05, 3.63) is 46.2 Å². The summed E-state index contributed by atoms with van der Waals surface area (Å²) in [5.41, 5.74) is 0.982. The zero-order valence-electron chi connectivity index (χ0n) is 13.6. The number of ether oxygens (including phenoxy) is 1. The molecule has 1 saturated heterocycles. The lowest BCUT2D eigenvalue weighted by atomic mass is 9.95. The maximum absolute atomic E-state index is 12.2. The number of hydrogen-bond acceptors (Lipinski definition) is 9. The Bertz CT molecular complexity index is 741. The summed E-state index contributed by atoms with van der Waals surface area (Å²) in [6.07, 6.45) is -3.14. The number of aliphatic hydroxyl groups is 4. The molecule has 1 amide bonds. The minimum absolute atomic E-state index is 0.144. The number of rotatable bonds is 5. The lowest BCUT2D eigenvalue weighted by Gasteiger charge is -2.39. The molecule has 26 heavy (non-hydrogen) atoms. The van der Waals surface area contributed by atoms with Gasteiger partial charge in [0.1, 0.15) is 41.2 Å². The van der Waals surface area contributed by atoms with Gasteiger partial charge in [-0.1, -0.05) is 6.07 Å². The van der Waals surface area contributed by atoms with Gasteiger partial charge in [0, 0.05) is 24.3 Å². The molecule has 0 aromatic carbocycles. The fourth-order valence-electron chi connectivity index (χ4n) is 2.60. The highest BCUT2D eigenvalue weighted by Crippen LogP contribution is 2.33. The van der Waals surface area contributed by atoms with E-state index in [1.807, 2.05) is 6.07 Å². The molecule has 140 valence electrons. The fourth-order valence-corrected chi connectivity index (χ4v) is 3.48. The van der Waals surface area contributed by atoms with Crippen molar-refractivity contribution in [2.45, 2.75) is 37.1 Å². The van der Waals surface area contributed by atoms with E-state index in [1.165, 1.54) is 5.38 Å². The van der Waals surface area contributed by atoms with Crippen molar-refractivity contribution < 1.29 is 30.0 Å². The molecule has 0 radical (unpaired) electrons. The van der Waals surface area contributed by atoms with Gasteiger partial charge in [-0.25, -0.2) is 4.98 Å². The molecule has 1 aliphatic heterocycles. The zero-order chi connectivity index (χ0) is 18.7. The van der Waals surface area contributed by atoms with Gasteiger partial charge in [0.25, 0.3) is 5.91 Å². The van der Waals surface area contributed by atoms with Crippen molar-refractivity contribution in [3.63, 3.8) is 0 Å². The molecule has 2 aromatic heterocycles. The number of nitrogens with one attached hydrogen (secondary N) is 1.